The number of nitrogens with two attached hydrogens (primary N) is 1. The van der Waals surface area contributed by atoms with Crippen LogP contribution in [0.15, 0.2) is 30.5 Å². The Labute approximate surface area is 205 Å². The molecule has 1 aliphatic rings. The quantitative estimate of drug-likeness (QED) is 0.504. The van der Waals surface area contributed by atoms with E-state index in [2.05, 4.69) is 31.5 Å². The van der Waals surface area contributed by atoms with E-state index in [1.54, 1.807) is 12.3 Å². The van der Waals surface area contributed by atoms with Crippen LogP contribution in [0.1, 0.15) is 30.2 Å². The maximum Gasteiger partial charge on any atom is 0.238 e. The number of sulfonamides is 1. The predicted octanol–water partition coefficient (Wildman–Crippen LogP) is 3.16. The molecule has 1 aliphatic heterocycles. The van der Waals surface area contributed by atoms with E-state index in [0.29, 0.717) is 19.7 Å². The number of methoxy groups -OCH3 is 1. The Morgan fingerprint density at radius 3 is 2.74 bits per heavy atom. The summed E-state index contributed by atoms with van der Waals surface area (Å²) in [5.74, 6) is 2.09. The molecule has 4 rings (SSSR count). The van der Waals surface area contributed by atoms with Crippen molar-refractivity contribution in [3.05, 3.63) is 47.3 Å². The molecule has 186 valence electrons. The maximum absolute atomic E-state index is 11.8. The lowest BCUT2D eigenvalue weighted by atomic mass is 10.0. The first-order valence-corrected chi connectivity index (χ1v) is 13.2. The molecule has 0 saturated heterocycles. The number of benzene rings is 1. The largest absolute Gasteiger partial charge is 0.491 e. The van der Waals surface area contributed by atoms with E-state index in [1.165, 1.54) is 7.11 Å². The number of anilines is 3. The van der Waals surface area contributed by atoms with E-state index in [1.807, 2.05) is 25.1 Å². The molecule has 35 heavy (non-hydrogen) atoms. The van der Waals surface area contributed by atoms with Gasteiger partial charge in [-0.15, -0.1) is 0 Å². The first-order valence-electron chi connectivity index (χ1n) is 11.3. The fourth-order valence-electron chi connectivity index (χ4n) is 4.21. The summed E-state index contributed by atoms with van der Waals surface area (Å²) in [6.07, 6.45) is 4.57. The lowest BCUT2D eigenvalue weighted by Crippen LogP contribution is -2.28. The summed E-state index contributed by atoms with van der Waals surface area (Å²) in [7, 11) is -2.06. The van der Waals surface area contributed by atoms with E-state index in [9.17, 15) is 8.42 Å². The molecule has 0 amide bonds. The highest BCUT2D eigenvalue weighted by molar-refractivity contribution is 7.92. The normalized spacial score (nSPS) is 13.5. The van der Waals surface area contributed by atoms with Gasteiger partial charge in [-0.1, -0.05) is 19.4 Å². The van der Waals surface area contributed by atoms with Gasteiger partial charge in [0.1, 0.15) is 23.9 Å². The summed E-state index contributed by atoms with van der Waals surface area (Å²) in [4.78, 5) is 15.4. The Bertz CT molecular complexity index is 1350. The molecule has 0 saturated carbocycles. The van der Waals surface area contributed by atoms with Gasteiger partial charge in [0, 0.05) is 35.1 Å². The van der Waals surface area contributed by atoms with E-state index in [-0.39, 0.29) is 17.5 Å². The van der Waals surface area contributed by atoms with Crippen LogP contribution >= 0.6 is 0 Å². The molecule has 0 aliphatic carbocycles. The summed E-state index contributed by atoms with van der Waals surface area (Å²) in [5.41, 5.74) is 10.8. The van der Waals surface area contributed by atoms with Gasteiger partial charge in [-0.3, -0.25) is 4.72 Å². The molecule has 3 heterocycles. The molecule has 3 N–H and O–H groups in total. The van der Waals surface area contributed by atoms with Crippen LogP contribution < -0.4 is 24.8 Å². The highest BCUT2D eigenvalue weighted by atomic mass is 32.2. The number of ether oxygens (including phenoxy) is 2. The van der Waals surface area contributed by atoms with Crippen LogP contribution in [0.5, 0.6) is 11.6 Å². The van der Waals surface area contributed by atoms with Gasteiger partial charge < -0.3 is 20.1 Å². The third-order valence-corrected chi connectivity index (χ3v) is 6.31. The predicted molar refractivity (Wildman–Crippen MR) is 136 cm³/mol. The minimum atomic E-state index is -3.50. The fraction of sp³-hybridized carbons (Fsp3) is 0.375. The minimum absolute atomic E-state index is 0.198. The van der Waals surface area contributed by atoms with Crippen LogP contribution in [0.2, 0.25) is 0 Å². The second-order valence-corrected chi connectivity index (χ2v) is 10.2. The van der Waals surface area contributed by atoms with Crippen molar-refractivity contribution in [1.29, 1.82) is 0 Å². The monoisotopic (exact) mass is 498 g/mol. The number of nitrogens with zero attached hydrogens (tertiary/aromatic N) is 4. The second-order valence-electron chi connectivity index (χ2n) is 8.47. The zero-order valence-corrected chi connectivity index (χ0v) is 21.1. The summed E-state index contributed by atoms with van der Waals surface area (Å²) in [6, 6.07) is 7.59. The molecule has 1 aromatic carbocycles. The van der Waals surface area contributed by atoms with Gasteiger partial charge in [0.2, 0.25) is 21.9 Å². The molecular weight excluding hydrogens is 468 g/mol. The lowest BCUT2D eigenvalue weighted by Gasteiger charge is -2.25. The number of pyridine rings is 1. The van der Waals surface area contributed by atoms with Crippen molar-refractivity contribution in [2.75, 3.05) is 41.9 Å². The van der Waals surface area contributed by atoms with E-state index >= 15 is 0 Å². The fourth-order valence-corrected chi connectivity index (χ4v) is 4.75. The highest BCUT2D eigenvalue weighted by Crippen LogP contribution is 2.34. The van der Waals surface area contributed by atoms with Gasteiger partial charge in [0.25, 0.3) is 0 Å². The van der Waals surface area contributed by atoms with Crippen LogP contribution in [-0.4, -0.2) is 49.9 Å². The molecule has 0 spiro atoms. The summed E-state index contributed by atoms with van der Waals surface area (Å²) in [6.45, 7) is 5.83. The van der Waals surface area contributed by atoms with Gasteiger partial charge >= 0.3 is 0 Å². The van der Waals surface area contributed by atoms with Crippen LogP contribution in [0, 0.1) is 6.92 Å². The smallest absolute Gasteiger partial charge is 0.238 e. The van der Waals surface area contributed by atoms with Gasteiger partial charge in [-0.2, -0.15) is 4.98 Å². The molecule has 0 atom stereocenters. The maximum atomic E-state index is 11.8. The molecule has 0 bridgehead atoms. The number of nitrogens with one attached hydrogen (secondary N) is 1. The van der Waals surface area contributed by atoms with Crippen molar-refractivity contribution < 1.29 is 17.9 Å². The number of nitrogen functional groups attached to an aromatic ring is 1. The van der Waals surface area contributed by atoms with Crippen LogP contribution in [0.4, 0.5) is 17.5 Å². The Balaban J connectivity index is 1.72. The third-order valence-electron chi connectivity index (χ3n) is 5.72. The first-order chi connectivity index (χ1) is 16.7. The average molecular weight is 499 g/mol. The Morgan fingerprint density at radius 1 is 1.23 bits per heavy atom. The molecule has 0 radical (unpaired) electrons. The first kappa shape index (κ1) is 24.5. The number of aromatic nitrogens is 3. The lowest BCUT2D eigenvalue weighted by molar-refractivity contribution is 0.331. The highest BCUT2D eigenvalue weighted by Gasteiger charge is 2.22. The summed E-state index contributed by atoms with van der Waals surface area (Å²) in [5, 5.41) is 0. The van der Waals surface area contributed by atoms with Gasteiger partial charge in [-0.05, 0) is 37.1 Å². The average Bonchev–Trinajstić information content (AvgIpc) is 3.01. The van der Waals surface area contributed by atoms with E-state index < -0.39 is 10.0 Å². The van der Waals surface area contributed by atoms with Crippen molar-refractivity contribution in [3.63, 3.8) is 0 Å². The van der Waals surface area contributed by atoms with Crippen molar-refractivity contribution in [1.82, 2.24) is 15.0 Å². The zero-order valence-electron chi connectivity index (χ0n) is 20.3. The van der Waals surface area contributed by atoms with E-state index in [0.717, 1.165) is 58.6 Å². The standard InChI is InChI=1S/C24H30N6O4S/c1-5-6-19-15(2)27-24(25)28-22(19)30-9-10-34-21-8-7-16(11-18(21)14-30)17-12-20(29-35(4,31)32)23(33-3)26-13-17/h7-8,11-13,29H,5-6,9-10,14H2,1-4H3,(H2,25,27,28). The van der Waals surface area contributed by atoms with Crippen molar-refractivity contribution >= 4 is 27.5 Å². The molecular formula is C24H30N6O4S. The molecule has 2 aromatic heterocycles. The number of hydrogen-bond donors (Lipinski definition) is 2. The van der Waals surface area contributed by atoms with Crippen LogP contribution in [0.3, 0.4) is 0 Å². The molecule has 0 unspecified atom stereocenters. The topological polar surface area (TPSA) is 133 Å². The molecule has 0 fully saturated rings. The number of hydrogen-bond acceptors (Lipinski definition) is 9. The number of aryl methyl sites for hydroxylation is 1. The number of rotatable bonds is 7. The SMILES string of the molecule is CCCc1c(C)nc(N)nc1N1CCOc2ccc(-c3cnc(OC)c(NS(C)(=O)=O)c3)cc2C1. The summed E-state index contributed by atoms with van der Waals surface area (Å²) >= 11 is 0. The van der Waals surface area contributed by atoms with Gasteiger partial charge in [0.05, 0.1) is 19.9 Å². The Hall–Kier alpha value is -3.60. The van der Waals surface area contributed by atoms with Crippen LogP contribution in [-0.2, 0) is 23.0 Å². The molecule has 3 aromatic rings. The van der Waals surface area contributed by atoms with Crippen molar-refractivity contribution in [3.8, 4) is 22.8 Å². The van der Waals surface area contributed by atoms with Crippen molar-refractivity contribution in [2.45, 2.75) is 33.2 Å². The Morgan fingerprint density at radius 2 is 2.03 bits per heavy atom. The Kier molecular flexibility index (Phi) is 6.97. The summed E-state index contributed by atoms with van der Waals surface area (Å²) < 4.78 is 37.3. The molecule has 10 nitrogen and oxygen atoms in total. The van der Waals surface area contributed by atoms with Crippen LogP contribution in [0.25, 0.3) is 11.1 Å². The van der Waals surface area contributed by atoms with Gasteiger partial charge in [-0.25, -0.2) is 18.4 Å². The third kappa shape index (κ3) is 5.56. The van der Waals surface area contributed by atoms with E-state index in [4.69, 9.17) is 15.2 Å². The van der Waals surface area contributed by atoms with Gasteiger partial charge in [0.15, 0.2) is 0 Å². The minimum Gasteiger partial charge on any atom is -0.491 e. The zero-order chi connectivity index (χ0) is 25.2. The second kappa shape index (κ2) is 9.95. The molecule has 11 heteroatoms. The number of fused-ring (bicyclic) bond motifs is 1. The van der Waals surface area contributed by atoms with Crippen molar-refractivity contribution in [2.24, 2.45) is 0 Å².